The predicted octanol–water partition coefficient (Wildman–Crippen LogP) is 3.12. The lowest BCUT2D eigenvalue weighted by Crippen LogP contribution is -2.09. The minimum absolute atomic E-state index is 0.142. The van der Waals surface area contributed by atoms with Crippen molar-refractivity contribution < 1.29 is 28.2 Å². The van der Waals surface area contributed by atoms with Crippen LogP contribution >= 0.6 is 0 Å². The molecule has 0 aliphatic heterocycles. The number of halogens is 2. The first kappa shape index (κ1) is 14.8. The zero-order chi connectivity index (χ0) is 15.2. The van der Waals surface area contributed by atoms with Gasteiger partial charge in [0, 0.05) is 6.07 Å². The second-order valence-electron chi connectivity index (χ2n) is 4.10. The molecule has 0 spiro atoms. The van der Waals surface area contributed by atoms with Crippen LogP contribution in [0.4, 0.5) is 8.78 Å². The lowest BCUT2D eigenvalue weighted by molar-refractivity contribution is 0.0691. The highest BCUT2D eigenvalue weighted by atomic mass is 19.1. The van der Waals surface area contributed by atoms with Crippen LogP contribution in [0.3, 0.4) is 0 Å². The van der Waals surface area contributed by atoms with Gasteiger partial charge in [-0.3, -0.25) is 0 Å². The van der Waals surface area contributed by atoms with Crippen LogP contribution in [0.2, 0.25) is 0 Å². The minimum Gasteiger partial charge on any atom is -0.490 e. The molecule has 1 N–H and O–H groups in total. The molecule has 21 heavy (non-hydrogen) atoms. The molecule has 0 radical (unpaired) electrons. The van der Waals surface area contributed by atoms with Gasteiger partial charge in [-0.25, -0.2) is 13.6 Å². The van der Waals surface area contributed by atoms with Crippen molar-refractivity contribution in [2.45, 2.75) is 0 Å². The largest absolute Gasteiger partial charge is 0.490 e. The molecule has 0 amide bonds. The van der Waals surface area contributed by atoms with Crippen molar-refractivity contribution in [3.05, 3.63) is 59.7 Å². The normalized spacial score (nSPS) is 10.2. The van der Waals surface area contributed by atoms with Gasteiger partial charge < -0.3 is 14.6 Å². The summed E-state index contributed by atoms with van der Waals surface area (Å²) in [6.07, 6.45) is 0. The maximum Gasteiger partial charge on any atom is 0.338 e. The summed E-state index contributed by atoms with van der Waals surface area (Å²) in [7, 11) is 0. The van der Waals surface area contributed by atoms with E-state index in [1.165, 1.54) is 30.3 Å². The first-order valence-electron chi connectivity index (χ1n) is 6.10. The molecule has 2 aromatic rings. The van der Waals surface area contributed by atoms with Crippen molar-refractivity contribution in [1.29, 1.82) is 0 Å². The van der Waals surface area contributed by atoms with Gasteiger partial charge in [0.2, 0.25) is 0 Å². The Balaban J connectivity index is 1.82. The average molecular weight is 294 g/mol. The van der Waals surface area contributed by atoms with E-state index in [0.717, 1.165) is 12.1 Å². The van der Waals surface area contributed by atoms with Gasteiger partial charge >= 0.3 is 5.97 Å². The Morgan fingerprint density at radius 2 is 1.52 bits per heavy atom. The van der Waals surface area contributed by atoms with Crippen LogP contribution in [0.15, 0.2) is 42.5 Å². The molecular weight excluding hydrogens is 282 g/mol. The SMILES string of the molecule is O=C(O)c1ccc(OCCOc2ccc(F)cc2)cc1F. The number of hydrogen-bond donors (Lipinski definition) is 1. The van der Waals surface area contributed by atoms with Gasteiger partial charge in [0.1, 0.15) is 36.3 Å². The van der Waals surface area contributed by atoms with Gasteiger partial charge in [0.05, 0.1) is 5.56 Å². The summed E-state index contributed by atoms with van der Waals surface area (Å²) in [5, 5.41) is 8.69. The molecule has 0 atom stereocenters. The smallest absolute Gasteiger partial charge is 0.338 e. The van der Waals surface area contributed by atoms with E-state index in [4.69, 9.17) is 14.6 Å². The maximum atomic E-state index is 13.4. The lowest BCUT2D eigenvalue weighted by atomic mass is 10.2. The summed E-state index contributed by atoms with van der Waals surface area (Å²) in [6.45, 7) is 0.331. The fourth-order valence-corrected chi connectivity index (χ4v) is 1.61. The van der Waals surface area contributed by atoms with Gasteiger partial charge in [-0.2, -0.15) is 0 Å². The molecule has 0 heterocycles. The molecule has 2 aromatic carbocycles. The quantitative estimate of drug-likeness (QED) is 0.832. The first-order chi connectivity index (χ1) is 10.1. The van der Waals surface area contributed by atoms with Crippen molar-refractivity contribution in [3.8, 4) is 11.5 Å². The summed E-state index contributed by atoms with van der Waals surface area (Å²) in [5.74, 6) is -1.85. The number of ether oxygens (including phenoxy) is 2. The summed E-state index contributed by atoms with van der Waals surface area (Å²) in [4.78, 5) is 10.6. The number of hydrogen-bond acceptors (Lipinski definition) is 3. The highest BCUT2D eigenvalue weighted by molar-refractivity contribution is 5.88. The Morgan fingerprint density at radius 3 is 2.10 bits per heavy atom. The van der Waals surface area contributed by atoms with E-state index in [-0.39, 0.29) is 24.8 Å². The van der Waals surface area contributed by atoms with Crippen molar-refractivity contribution in [3.63, 3.8) is 0 Å². The van der Waals surface area contributed by atoms with Gasteiger partial charge in [0.25, 0.3) is 0 Å². The third kappa shape index (κ3) is 4.17. The highest BCUT2D eigenvalue weighted by Gasteiger charge is 2.10. The molecule has 0 aliphatic carbocycles. The van der Waals surface area contributed by atoms with Crippen molar-refractivity contribution >= 4 is 5.97 Å². The zero-order valence-corrected chi connectivity index (χ0v) is 10.9. The van der Waals surface area contributed by atoms with Crippen molar-refractivity contribution in [2.24, 2.45) is 0 Å². The van der Waals surface area contributed by atoms with E-state index in [1.807, 2.05) is 0 Å². The summed E-state index contributed by atoms with van der Waals surface area (Å²) in [6, 6.07) is 9.01. The predicted molar refractivity (Wildman–Crippen MR) is 70.7 cm³/mol. The van der Waals surface area contributed by atoms with Crippen molar-refractivity contribution in [2.75, 3.05) is 13.2 Å². The number of carbonyl (C=O) groups is 1. The number of carboxylic acid groups (broad SMARTS) is 1. The molecule has 2 rings (SSSR count). The molecule has 0 saturated heterocycles. The standard InChI is InChI=1S/C15H12F2O4/c16-10-1-3-11(4-2-10)20-7-8-21-12-5-6-13(15(18)19)14(17)9-12/h1-6,9H,7-8H2,(H,18,19). The Bertz CT molecular complexity index is 626. The first-order valence-corrected chi connectivity index (χ1v) is 6.10. The molecule has 0 bridgehead atoms. The molecule has 6 heteroatoms. The van der Waals surface area contributed by atoms with Crippen LogP contribution in [0.1, 0.15) is 10.4 Å². The van der Waals surface area contributed by atoms with Crippen LogP contribution in [-0.2, 0) is 0 Å². The average Bonchev–Trinajstić information content (AvgIpc) is 2.45. The fourth-order valence-electron chi connectivity index (χ4n) is 1.61. The van der Waals surface area contributed by atoms with Crippen LogP contribution in [0.25, 0.3) is 0 Å². The Kier molecular flexibility index (Phi) is 4.71. The Hall–Kier alpha value is -2.63. The summed E-state index contributed by atoms with van der Waals surface area (Å²) >= 11 is 0. The van der Waals surface area contributed by atoms with Gasteiger partial charge in [-0.1, -0.05) is 0 Å². The van der Waals surface area contributed by atoms with E-state index in [9.17, 15) is 13.6 Å². The molecule has 0 saturated carbocycles. The third-order valence-corrected chi connectivity index (χ3v) is 2.61. The fraction of sp³-hybridized carbons (Fsp3) is 0.133. The second-order valence-corrected chi connectivity index (χ2v) is 4.10. The second kappa shape index (κ2) is 6.69. The number of carboxylic acids is 1. The summed E-state index contributed by atoms with van der Waals surface area (Å²) in [5.41, 5.74) is -0.412. The molecule has 0 unspecified atom stereocenters. The monoisotopic (exact) mass is 294 g/mol. The Labute approximate surface area is 119 Å². The van der Waals surface area contributed by atoms with Gasteiger partial charge in [-0.05, 0) is 36.4 Å². The van der Waals surface area contributed by atoms with Gasteiger partial charge in [0.15, 0.2) is 0 Å². The van der Waals surface area contributed by atoms with Crippen LogP contribution in [0.5, 0.6) is 11.5 Å². The van der Waals surface area contributed by atoms with E-state index in [0.29, 0.717) is 5.75 Å². The topological polar surface area (TPSA) is 55.8 Å². The minimum atomic E-state index is -1.33. The van der Waals surface area contributed by atoms with Crippen LogP contribution < -0.4 is 9.47 Å². The Morgan fingerprint density at radius 1 is 0.952 bits per heavy atom. The molecule has 4 nitrogen and oxygen atoms in total. The van der Waals surface area contributed by atoms with E-state index in [2.05, 4.69) is 0 Å². The molecule has 110 valence electrons. The highest BCUT2D eigenvalue weighted by Crippen LogP contribution is 2.17. The molecular formula is C15H12F2O4. The summed E-state index contributed by atoms with van der Waals surface area (Å²) < 4.78 is 36.6. The zero-order valence-electron chi connectivity index (χ0n) is 10.9. The molecule has 0 aliphatic rings. The maximum absolute atomic E-state index is 13.4. The van der Waals surface area contributed by atoms with E-state index >= 15 is 0 Å². The van der Waals surface area contributed by atoms with E-state index < -0.39 is 17.3 Å². The number of aromatic carboxylic acids is 1. The van der Waals surface area contributed by atoms with E-state index in [1.54, 1.807) is 0 Å². The van der Waals surface area contributed by atoms with Gasteiger partial charge in [-0.15, -0.1) is 0 Å². The van der Waals surface area contributed by atoms with Crippen molar-refractivity contribution in [1.82, 2.24) is 0 Å². The van der Waals surface area contributed by atoms with Crippen LogP contribution in [-0.4, -0.2) is 24.3 Å². The number of benzene rings is 2. The third-order valence-electron chi connectivity index (χ3n) is 2.61. The van der Waals surface area contributed by atoms with Crippen LogP contribution in [0, 0.1) is 11.6 Å². The molecule has 0 fully saturated rings. The number of rotatable bonds is 6. The molecule has 0 aromatic heterocycles. The lowest BCUT2D eigenvalue weighted by Gasteiger charge is -2.09.